The zero-order valence-electron chi connectivity index (χ0n) is 7.27. The largest absolute Gasteiger partial charge is 0.337 e. The van der Waals surface area contributed by atoms with Crippen molar-refractivity contribution in [1.29, 1.82) is 0 Å². The number of ether oxygens (including phenoxy) is 1. The van der Waals surface area contributed by atoms with Gasteiger partial charge in [-0.15, -0.1) is 0 Å². The van der Waals surface area contributed by atoms with Crippen LogP contribution in [0.1, 0.15) is 6.92 Å². The lowest BCUT2D eigenvalue weighted by atomic mass is 9.89. The zero-order valence-corrected chi connectivity index (χ0v) is 8.42. The van der Waals surface area contributed by atoms with Crippen molar-refractivity contribution in [2.45, 2.75) is 30.6 Å². The van der Waals surface area contributed by atoms with Crippen LogP contribution in [0, 0.1) is 0 Å². The predicted octanol–water partition coefficient (Wildman–Crippen LogP) is 1.70. The van der Waals surface area contributed by atoms with Crippen molar-refractivity contribution in [2.75, 3.05) is 6.61 Å². The zero-order chi connectivity index (χ0) is 10.7. The number of rotatable bonds is 5. The molecule has 0 saturated heterocycles. The lowest BCUT2D eigenvalue weighted by Gasteiger charge is -2.27. The van der Waals surface area contributed by atoms with Gasteiger partial charge in [0.2, 0.25) is 5.60 Å². The maximum absolute atomic E-state index is 13.1. The van der Waals surface area contributed by atoms with Crippen LogP contribution in [0.15, 0.2) is 0 Å². The van der Waals surface area contributed by atoms with E-state index in [1.54, 1.807) is 9.24 Å². The monoisotopic (exact) mass is 208 g/mol. The Hall–Kier alpha value is 0.310. The first-order valence-corrected chi connectivity index (χ1v) is 4.24. The fourth-order valence-electron chi connectivity index (χ4n) is 0.407. The SMILES string of the molecule is [B]CC(F)(F)COC(F)(P)C([B])C. The Labute approximate surface area is 80.8 Å². The quantitative estimate of drug-likeness (QED) is 0.493. The summed E-state index contributed by atoms with van der Waals surface area (Å²) in [7, 11) is 11.5. The molecule has 0 rings (SSSR count). The Morgan fingerprint density at radius 1 is 1.46 bits per heavy atom. The summed E-state index contributed by atoms with van der Waals surface area (Å²) >= 11 is 0. The van der Waals surface area contributed by atoms with Crippen LogP contribution in [0.2, 0.25) is 12.1 Å². The Balaban J connectivity index is 4.02. The van der Waals surface area contributed by atoms with Crippen LogP contribution < -0.4 is 0 Å². The molecule has 72 valence electrons. The Kier molecular flexibility index (Phi) is 4.81. The van der Waals surface area contributed by atoms with Crippen LogP contribution in [-0.2, 0) is 4.74 Å². The molecule has 0 bridgehead atoms. The van der Waals surface area contributed by atoms with E-state index in [1.807, 2.05) is 0 Å². The number of hydrogen-bond donors (Lipinski definition) is 0. The highest BCUT2D eigenvalue weighted by Crippen LogP contribution is 2.35. The Morgan fingerprint density at radius 2 is 1.92 bits per heavy atom. The minimum atomic E-state index is -3.22. The number of alkyl halides is 3. The lowest BCUT2D eigenvalue weighted by molar-refractivity contribution is -0.142. The first kappa shape index (κ1) is 13.3. The summed E-state index contributed by atoms with van der Waals surface area (Å²) in [5, 5.41) is 0. The highest BCUT2D eigenvalue weighted by Gasteiger charge is 2.34. The third kappa shape index (κ3) is 4.92. The van der Waals surface area contributed by atoms with Gasteiger partial charge in [0.25, 0.3) is 5.92 Å². The summed E-state index contributed by atoms with van der Waals surface area (Å²) < 4.78 is 42.4. The van der Waals surface area contributed by atoms with Gasteiger partial charge in [-0.05, 0) is 12.1 Å². The second-order valence-corrected chi connectivity index (χ2v) is 3.62. The van der Waals surface area contributed by atoms with Crippen LogP contribution in [0.5, 0.6) is 0 Å². The fourth-order valence-corrected chi connectivity index (χ4v) is 0.490. The molecule has 7 heteroatoms. The van der Waals surface area contributed by atoms with Crippen molar-refractivity contribution in [2.24, 2.45) is 0 Å². The molecule has 0 aromatic rings. The second-order valence-electron chi connectivity index (χ2n) is 2.84. The summed E-state index contributed by atoms with van der Waals surface area (Å²) in [6, 6.07) is 0. The van der Waals surface area contributed by atoms with Gasteiger partial charge >= 0.3 is 0 Å². The van der Waals surface area contributed by atoms with Gasteiger partial charge in [-0.25, -0.2) is 13.2 Å². The van der Waals surface area contributed by atoms with Crippen molar-refractivity contribution >= 4 is 24.9 Å². The van der Waals surface area contributed by atoms with E-state index < -0.39 is 30.3 Å². The molecule has 13 heavy (non-hydrogen) atoms. The van der Waals surface area contributed by atoms with Crippen LogP contribution >= 0.6 is 9.24 Å². The van der Waals surface area contributed by atoms with Crippen molar-refractivity contribution in [3.05, 3.63) is 0 Å². The third-order valence-electron chi connectivity index (χ3n) is 1.42. The second kappa shape index (κ2) is 4.70. The Morgan fingerprint density at radius 3 is 2.23 bits per heavy atom. The first-order valence-electron chi connectivity index (χ1n) is 3.66. The first-order chi connectivity index (χ1) is 5.71. The molecule has 0 N–H and O–H groups in total. The molecule has 0 fully saturated rings. The molecule has 0 saturated carbocycles. The molecule has 0 heterocycles. The van der Waals surface area contributed by atoms with E-state index in [1.165, 1.54) is 6.92 Å². The van der Waals surface area contributed by atoms with Crippen molar-refractivity contribution in [1.82, 2.24) is 0 Å². The van der Waals surface area contributed by atoms with Crippen molar-refractivity contribution in [3.63, 3.8) is 0 Å². The topological polar surface area (TPSA) is 9.23 Å². The average molecular weight is 208 g/mol. The summed E-state index contributed by atoms with van der Waals surface area (Å²) in [6.07, 6.45) is -0.882. The Bertz CT molecular complexity index is 166. The molecule has 3 unspecified atom stereocenters. The molecule has 0 aliphatic heterocycles. The standard InChI is InChI=1S/C6H10B2F3OP/c1-4(8)6(11,13)12-3-5(9,10)2-7/h4H,2-3,13H2,1H3. The van der Waals surface area contributed by atoms with Crippen molar-refractivity contribution < 1.29 is 17.9 Å². The van der Waals surface area contributed by atoms with E-state index in [2.05, 4.69) is 4.74 Å². The van der Waals surface area contributed by atoms with Crippen molar-refractivity contribution in [3.8, 4) is 0 Å². The van der Waals surface area contributed by atoms with E-state index in [9.17, 15) is 13.2 Å². The average Bonchev–Trinajstić information content (AvgIpc) is 2.01. The molecular formula is C6H10B2F3OP. The lowest BCUT2D eigenvalue weighted by Crippen LogP contribution is -2.32. The molecule has 4 radical (unpaired) electrons. The minimum Gasteiger partial charge on any atom is -0.337 e. The summed E-state index contributed by atoms with van der Waals surface area (Å²) in [4.78, 5) is 0. The van der Waals surface area contributed by atoms with Gasteiger partial charge in [0.05, 0.1) is 15.7 Å². The number of hydrogen-bond acceptors (Lipinski definition) is 1. The maximum Gasteiger partial charge on any atom is 0.263 e. The minimum absolute atomic E-state index is 0.882. The molecule has 0 aliphatic carbocycles. The van der Waals surface area contributed by atoms with Crippen LogP contribution in [0.25, 0.3) is 0 Å². The summed E-state index contributed by atoms with van der Waals surface area (Å²) in [5.41, 5.74) is -2.33. The normalized spacial score (nSPS) is 19.5. The maximum atomic E-state index is 13.1. The number of halogens is 3. The third-order valence-corrected chi connectivity index (χ3v) is 2.12. The highest BCUT2D eigenvalue weighted by molar-refractivity contribution is 7.18. The molecule has 0 spiro atoms. The van der Waals surface area contributed by atoms with E-state index in [-0.39, 0.29) is 0 Å². The molecule has 1 nitrogen and oxygen atoms in total. The summed E-state index contributed by atoms with van der Waals surface area (Å²) in [5.74, 6) is -4.23. The predicted molar refractivity (Wildman–Crippen MR) is 50.2 cm³/mol. The van der Waals surface area contributed by atoms with Gasteiger partial charge in [0.1, 0.15) is 6.61 Å². The van der Waals surface area contributed by atoms with Crippen LogP contribution in [0.3, 0.4) is 0 Å². The van der Waals surface area contributed by atoms with E-state index in [0.717, 1.165) is 0 Å². The summed E-state index contributed by atoms with van der Waals surface area (Å²) in [6.45, 7) is 0.235. The van der Waals surface area contributed by atoms with Gasteiger partial charge < -0.3 is 4.74 Å². The van der Waals surface area contributed by atoms with Crippen LogP contribution in [-0.4, -0.2) is 33.8 Å². The van der Waals surface area contributed by atoms with Gasteiger partial charge in [-0.1, -0.05) is 16.2 Å². The smallest absolute Gasteiger partial charge is 0.263 e. The molecular weight excluding hydrogens is 198 g/mol. The van der Waals surface area contributed by atoms with E-state index >= 15 is 0 Å². The molecule has 0 aromatic heterocycles. The highest BCUT2D eigenvalue weighted by atomic mass is 31.0. The van der Waals surface area contributed by atoms with E-state index in [0.29, 0.717) is 0 Å². The van der Waals surface area contributed by atoms with Crippen LogP contribution in [0.4, 0.5) is 13.2 Å². The van der Waals surface area contributed by atoms with Gasteiger partial charge in [0, 0.05) is 0 Å². The molecule has 0 amide bonds. The fraction of sp³-hybridized carbons (Fsp3) is 1.00. The van der Waals surface area contributed by atoms with Gasteiger partial charge in [-0.2, -0.15) is 0 Å². The molecule has 3 atom stereocenters. The van der Waals surface area contributed by atoms with E-state index in [4.69, 9.17) is 15.7 Å². The molecule has 0 aliphatic rings. The molecule has 0 aromatic carbocycles. The van der Waals surface area contributed by atoms with Gasteiger partial charge in [0.15, 0.2) is 0 Å². The van der Waals surface area contributed by atoms with Gasteiger partial charge in [-0.3, -0.25) is 0 Å².